The zero-order chi connectivity index (χ0) is 15.5. The molecule has 0 saturated heterocycles. The smallest absolute Gasteiger partial charge is 0.266 e. The third kappa shape index (κ3) is 2.47. The lowest BCUT2D eigenvalue weighted by Crippen LogP contribution is -2.22. The Morgan fingerprint density at radius 2 is 1.91 bits per heavy atom. The molecule has 4 nitrogen and oxygen atoms in total. The number of nitriles is 1. The van der Waals surface area contributed by atoms with Crippen LogP contribution in [0.1, 0.15) is 0 Å². The molecule has 0 radical (unpaired) electrons. The summed E-state index contributed by atoms with van der Waals surface area (Å²) < 4.78 is 15.3. The molecule has 108 valence electrons. The molecule has 0 saturated carbocycles. The van der Waals surface area contributed by atoms with Gasteiger partial charge in [0.1, 0.15) is 5.82 Å². The van der Waals surface area contributed by atoms with Gasteiger partial charge in [0.15, 0.2) is 5.16 Å². The molecule has 1 heterocycles. The van der Waals surface area contributed by atoms with Crippen LogP contribution in [0.5, 0.6) is 0 Å². The van der Waals surface area contributed by atoms with Crippen molar-refractivity contribution in [3.63, 3.8) is 0 Å². The number of fused-ring (bicyclic) bond motifs is 1. The van der Waals surface area contributed by atoms with E-state index >= 15 is 0 Å². The fourth-order valence-electron chi connectivity index (χ4n) is 2.15. The molecule has 0 spiro atoms. The van der Waals surface area contributed by atoms with Crippen molar-refractivity contribution in [3.8, 4) is 11.8 Å². The first-order valence-electron chi connectivity index (χ1n) is 6.49. The van der Waals surface area contributed by atoms with Crippen LogP contribution >= 0.6 is 11.8 Å². The van der Waals surface area contributed by atoms with Crippen LogP contribution < -0.4 is 5.56 Å². The number of aromatic nitrogens is 2. The van der Waals surface area contributed by atoms with E-state index in [1.165, 1.54) is 16.7 Å². The highest BCUT2D eigenvalue weighted by atomic mass is 32.2. The van der Waals surface area contributed by atoms with Gasteiger partial charge in [0.25, 0.3) is 5.56 Å². The maximum absolute atomic E-state index is 14.1. The van der Waals surface area contributed by atoms with Gasteiger partial charge >= 0.3 is 0 Å². The first-order valence-corrected chi connectivity index (χ1v) is 7.47. The van der Waals surface area contributed by atoms with E-state index < -0.39 is 5.82 Å². The molecular weight excluding hydrogens is 301 g/mol. The number of hydrogen-bond donors (Lipinski definition) is 0. The average molecular weight is 311 g/mol. The molecule has 22 heavy (non-hydrogen) atoms. The summed E-state index contributed by atoms with van der Waals surface area (Å²) in [6.45, 7) is 0. The molecule has 0 N–H and O–H groups in total. The van der Waals surface area contributed by atoms with E-state index in [1.807, 2.05) is 6.07 Å². The quantitative estimate of drug-likeness (QED) is 0.551. The van der Waals surface area contributed by atoms with Crippen molar-refractivity contribution in [1.29, 1.82) is 5.26 Å². The molecule has 0 atom stereocenters. The van der Waals surface area contributed by atoms with E-state index in [-0.39, 0.29) is 17.0 Å². The number of rotatable bonds is 3. The normalized spacial score (nSPS) is 10.5. The van der Waals surface area contributed by atoms with Crippen molar-refractivity contribution in [2.75, 3.05) is 5.75 Å². The summed E-state index contributed by atoms with van der Waals surface area (Å²) in [7, 11) is 0. The standard InChI is InChI=1S/C16H10FN3OS/c17-12-6-2-4-8-14(12)20-15(21)11-5-1-3-7-13(11)19-16(20)22-10-9-18/h1-8H,10H2. The lowest BCUT2D eigenvalue weighted by molar-refractivity contribution is 0.608. The molecule has 0 unspecified atom stereocenters. The monoisotopic (exact) mass is 311 g/mol. The lowest BCUT2D eigenvalue weighted by atomic mass is 10.2. The van der Waals surface area contributed by atoms with Crippen LogP contribution in [0.15, 0.2) is 58.5 Å². The van der Waals surface area contributed by atoms with Gasteiger partial charge < -0.3 is 0 Å². The molecule has 1 aromatic heterocycles. The maximum Gasteiger partial charge on any atom is 0.266 e. The minimum Gasteiger partial charge on any atom is -0.268 e. The van der Waals surface area contributed by atoms with Crippen molar-refractivity contribution in [1.82, 2.24) is 9.55 Å². The molecule has 0 aliphatic rings. The van der Waals surface area contributed by atoms with Crippen LogP contribution in [0.4, 0.5) is 4.39 Å². The third-order valence-electron chi connectivity index (χ3n) is 3.10. The van der Waals surface area contributed by atoms with Crippen LogP contribution in [0.3, 0.4) is 0 Å². The van der Waals surface area contributed by atoms with E-state index in [1.54, 1.807) is 36.4 Å². The van der Waals surface area contributed by atoms with Gasteiger partial charge in [-0.2, -0.15) is 5.26 Å². The van der Waals surface area contributed by atoms with Gasteiger partial charge in [0.05, 0.1) is 28.4 Å². The first kappa shape index (κ1) is 14.3. The van der Waals surface area contributed by atoms with Gasteiger partial charge in [-0.05, 0) is 24.3 Å². The summed E-state index contributed by atoms with van der Waals surface area (Å²) >= 11 is 1.10. The predicted octanol–water partition coefficient (Wildman–Crippen LogP) is 3.14. The minimum absolute atomic E-state index is 0.124. The highest BCUT2D eigenvalue weighted by Gasteiger charge is 2.15. The van der Waals surface area contributed by atoms with Gasteiger partial charge in [-0.1, -0.05) is 36.0 Å². The highest BCUT2D eigenvalue weighted by Crippen LogP contribution is 2.22. The van der Waals surface area contributed by atoms with Gasteiger partial charge in [0, 0.05) is 0 Å². The van der Waals surface area contributed by atoms with Gasteiger partial charge in [-0.3, -0.25) is 9.36 Å². The number of halogens is 1. The fraction of sp³-hybridized carbons (Fsp3) is 0.0625. The van der Waals surface area contributed by atoms with Gasteiger partial charge in [-0.15, -0.1) is 0 Å². The van der Waals surface area contributed by atoms with E-state index in [9.17, 15) is 9.18 Å². The minimum atomic E-state index is -0.513. The van der Waals surface area contributed by atoms with Crippen LogP contribution in [0, 0.1) is 17.1 Å². The number of thioether (sulfide) groups is 1. The summed E-state index contributed by atoms with van der Waals surface area (Å²) in [4.78, 5) is 17.1. The van der Waals surface area contributed by atoms with Gasteiger partial charge in [0.2, 0.25) is 0 Å². The second-order valence-corrected chi connectivity index (χ2v) is 5.39. The van der Waals surface area contributed by atoms with E-state index in [4.69, 9.17) is 5.26 Å². The molecule has 0 fully saturated rings. The molecule has 0 aliphatic heterocycles. The summed E-state index contributed by atoms with van der Waals surface area (Å²) in [6, 6.07) is 14.9. The van der Waals surface area contributed by atoms with Crippen LogP contribution in [-0.4, -0.2) is 15.3 Å². The molecule has 0 bridgehead atoms. The molecule has 0 amide bonds. The molecule has 3 rings (SSSR count). The van der Waals surface area contributed by atoms with E-state index in [0.717, 1.165) is 11.8 Å². The van der Waals surface area contributed by atoms with Gasteiger partial charge in [-0.25, -0.2) is 9.37 Å². The second-order valence-electron chi connectivity index (χ2n) is 4.45. The van der Waals surface area contributed by atoms with Crippen molar-refractivity contribution in [3.05, 3.63) is 64.7 Å². The Hall–Kier alpha value is -2.65. The molecule has 0 aliphatic carbocycles. The SMILES string of the molecule is N#CCSc1nc2ccccc2c(=O)n1-c1ccccc1F. The first-order chi connectivity index (χ1) is 10.7. The Kier molecular flexibility index (Phi) is 3.90. The third-order valence-corrected chi connectivity index (χ3v) is 3.91. The summed E-state index contributed by atoms with van der Waals surface area (Å²) in [6.07, 6.45) is 0. The Morgan fingerprint density at radius 3 is 2.68 bits per heavy atom. The molecule has 6 heteroatoms. The molecular formula is C16H10FN3OS. The van der Waals surface area contributed by atoms with Crippen molar-refractivity contribution in [2.24, 2.45) is 0 Å². The van der Waals surface area contributed by atoms with E-state index in [0.29, 0.717) is 16.1 Å². The summed E-state index contributed by atoms with van der Waals surface area (Å²) in [5, 5.41) is 9.48. The van der Waals surface area contributed by atoms with Crippen LogP contribution in [-0.2, 0) is 0 Å². The zero-order valence-corrected chi connectivity index (χ0v) is 12.2. The number of nitrogens with zero attached hydrogens (tertiary/aromatic N) is 3. The van der Waals surface area contributed by atoms with Crippen molar-refractivity contribution < 1.29 is 4.39 Å². The fourth-order valence-corrected chi connectivity index (χ4v) is 2.82. The molecule has 2 aromatic carbocycles. The Labute approximate surface area is 129 Å². The maximum atomic E-state index is 14.1. The van der Waals surface area contributed by atoms with Crippen molar-refractivity contribution in [2.45, 2.75) is 5.16 Å². The zero-order valence-electron chi connectivity index (χ0n) is 11.4. The van der Waals surface area contributed by atoms with Crippen LogP contribution in [0.2, 0.25) is 0 Å². The molecule has 3 aromatic rings. The highest BCUT2D eigenvalue weighted by molar-refractivity contribution is 7.99. The van der Waals surface area contributed by atoms with Crippen molar-refractivity contribution >= 4 is 22.7 Å². The lowest BCUT2D eigenvalue weighted by Gasteiger charge is -2.12. The van der Waals surface area contributed by atoms with Crippen LogP contribution in [0.25, 0.3) is 16.6 Å². The van der Waals surface area contributed by atoms with E-state index in [2.05, 4.69) is 4.98 Å². The Morgan fingerprint density at radius 1 is 1.18 bits per heavy atom. The Bertz CT molecular complexity index is 946. The number of para-hydroxylation sites is 2. The largest absolute Gasteiger partial charge is 0.268 e. The average Bonchev–Trinajstić information content (AvgIpc) is 2.54. The second kappa shape index (κ2) is 6.00. The number of benzene rings is 2. The summed E-state index contributed by atoms with van der Waals surface area (Å²) in [5.74, 6) is -0.389. The Balaban J connectivity index is 2.36. The predicted molar refractivity (Wildman–Crippen MR) is 83.6 cm³/mol. The topological polar surface area (TPSA) is 58.7 Å². The number of hydrogen-bond acceptors (Lipinski definition) is 4. The summed E-state index contributed by atoms with van der Waals surface area (Å²) in [5.41, 5.74) is 0.308.